The predicted molar refractivity (Wildman–Crippen MR) is 95.7 cm³/mol. The monoisotopic (exact) mass is 375 g/mol. The molecule has 0 bridgehead atoms. The van der Waals surface area contributed by atoms with Crippen LogP contribution in [-0.4, -0.2) is 76.5 Å². The first-order valence-electron chi connectivity index (χ1n) is 9.00. The number of likely N-dealkylation sites (tertiary alicyclic amines) is 1. The summed E-state index contributed by atoms with van der Waals surface area (Å²) in [6.45, 7) is 5.43. The van der Waals surface area contributed by atoms with Crippen molar-refractivity contribution in [1.29, 1.82) is 0 Å². The van der Waals surface area contributed by atoms with Crippen LogP contribution in [0.2, 0.25) is 0 Å². The molecule has 0 aromatic carbocycles. The number of hydrogen-bond acceptors (Lipinski definition) is 6. The maximum absolute atomic E-state index is 12.5. The number of carbonyl (C=O) groups excluding carboxylic acids is 3. The van der Waals surface area contributed by atoms with Crippen molar-refractivity contribution in [1.82, 2.24) is 25.1 Å². The number of piperidine rings is 1. The zero-order valence-electron chi connectivity index (χ0n) is 15.9. The van der Waals surface area contributed by atoms with Crippen molar-refractivity contribution in [2.75, 3.05) is 33.2 Å². The van der Waals surface area contributed by atoms with Gasteiger partial charge in [0.25, 0.3) is 0 Å². The maximum atomic E-state index is 12.5. The summed E-state index contributed by atoms with van der Waals surface area (Å²) in [7, 11) is 1.70. The lowest BCUT2D eigenvalue weighted by Crippen LogP contribution is -2.53. The lowest BCUT2D eigenvalue weighted by molar-refractivity contribution is -0.148. The number of rotatable bonds is 3. The van der Waals surface area contributed by atoms with E-state index in [0.717, 1.165) is 5.69 Å². The Morgan fingerprint density at radius 1 is 1.30 bits per heavy atom. The van der Waals surface area contributed by atoms with Crippen LogP contribution in [0.3, 0.4) is 0 Å². The Morgan fingerprint density at radius 3 is 2.56 bits per heavy atom. The number of carbonyl (C=O) groups is 3. The first kappa shape index (κ1) is 19.1. The van der Waals surface area contributed by atoms with Gasteiger partial charge in [-0.25, -0.2) is 4.79 Å². The first-order valence-corrected chi connectivity index (χ1v) is 9.00. The number of nitrogens with one attached hydrogen (secondary N) is 1. The van der Waals surface area contributed by atoms with E-state index in [-0.39, 0.29) is 12.6 Å². The quantitative estimate of drug-likeness (QED) is 0.763. The van der Waals surface area contributed by atoms with Crippen molar-refractivity contribution in [2.45, 2.75) is 37.7 Å². The Hall–Kier alpha value is -2.71. The molecule has 2 aliphatic rings. The molecule has 0 saturated carbocycles. The fourth-order valence-electron chi connectivity index (χ4n) is 3.43. The van der Waals surface area contributed by atoms with Gasteiger partial charge in [-0.1, -0.05) is 13.8 Å². The van der Waals surface area contributed by atoms with Crippen molar-refractivity contribution in [3.05, 3.63) is 24.3 Å². The van der Waals surface area contributed by atoms with Crippen LogP contribution < -0.4 is 5.32 Å². The fraction of sp³-hybridized carbons (Fsp3) is 0.611. The molecule has 0 aliphatic carbocycles. The largest absolute Gasteiger partial charge is 0.441 e. The summed E-state index contributed by atoms with van der Waals surface area (Å²) in [5.41, 5.74) is -0.240. The van der Waals surface area contributed by atoms with Gasteiger partial charge < -0.3 is 19.9 Å². The molecule has 9 heteroatoms. The average Bonchev–Trinajstić information content (AvgIpc) is 2.93. The minimum absolute atomic E-state index is 0.274. The molecule has 2 fully saturated rings. The number of hydrogen-bond donors (Lipinski definition) is 1. The molecular weight excluding hydrogens is 350 g/mol. The zero-order valence-corrected chi connectivity index (χ0v) is 15.9. The Morgan fingerprint density at radius 2 is 2.00 bits per heavy atom. The lowest BCUT2D eigenvalue weighted by Gasteiger charge is -2.37. The van der Waals surface area contributed by atoms with Crippen LogP contribution >= 0.6 is 0 Å². The number of nitrogens with zero attached hydrogens (tertiary/aromatic N) is 4. The molecule has 0 unspecified atom stereocenters. The Labute approximate surface area is 158 Å². The van der Waals surface area contributed by atoms with Gasteiger partial charge in [-0.15, -0.1) is 0 Å². The highest BCUT2D eigenvalue weighted by atomic mass is 16.6. The second kappa shape index (κ2) is 7.13. The van der Waals surface area contributed by atoms with Gasteiger partial charge in [-0.2, -0.15) is 0 Å². The lowest BCUT2D eigenvalue weighted by atomic mass is 9.89. The Balaban J connectivity index is 1.51. The van der Waals surface area contributed by atoms with E-state index in [4.69, 9.17) is 4.74 Å². The van der Waals surface area contributed by atoms with E-state index in [2.05, 4.69) is 15.3 Å². The molecule has 0 radical (unpaired) electrons. The second-order valence-corrected chi connectivity index (χ2v) is 7.86. The van der Waals surface area contributed by atoms with Crippen molar-refractivity contribution >= 4 is 17.9 Å². The summed E-state index contributed by atoms with van der Waals surface area (Å²) < 4.78 is 5.47. The highest BCUT2D eigenvalue weighted by molar-refractivity contribution is 6.35. The molecule has 1 aromatic rings. The predicted octanol–water partition coefficient (Wildman–Crippen LogP) is 0.314. The van der Waals surface area contributed by atoms with E-state index in [1.807, 2.05) is 13.8 Å². The molecule has 146 valence electrons. The number of ether oxygens (including phenoxy) is 1. The second-order valence-electron chi connectivity index (χ2n) is 7.86. The summed E-state index contributed by atoms with van der Waals surface area (Å²) in [5.74, 6) is -1.19. The topological polar surface area (TPSA) is 105 Å². The first-order chi connectivity index (χ1) is 12.7. The molecule has 2 aliphatic heterocycles. The molecule has 2 saturated heterocycles. The molecule has 0 atom stereocenters. The minimum atomic E-state index is -0.636. The Bertz CT molecular complexity index is 729. The third-order valence-corrected chi connectivity index (χ3v) is 5.24. The van der Waals surface area contributed by atoms with Gasteiger partial charge >= 0.3 is 17.9 Å². The van der Waals surface area contributed by atoms with E-state index in [9.17, 15) is 14.4 Å². The summed E-state index contributed by atoms with van der Waals surface area (Å²) in [6, 6.07) is 0. The molecule has 27 heavy (non-hydrogen) atoms. The smallest absolute Gasteiger partial charge is 0.410 e. The SMILES string of the molecule is CN1CC2(CCN(C(=O)C(=O)NCC(C)(C)c3cnccn3)CC2)OC1=O. The summed E-state index contributed by atoms with van der Waals surface area (Å²) in [4.78, 5) is 47.7. The van der Waals surface area contributed by atoms with Gasteiger partial charge in [0.05, 0.1) is 12.2 Å². The maximum Gasteiger partial charge on any atom is 0.410 e. The molecule has 1 aromatic heterocycles. The van der Waals surface area contributed by atoms with E-state index < -0.39 is 22.8 Å². The van der Waals surface area contributed by atoms with Gasteiger partial charge in [-0.3, -0.25) is 19.6 Å². The number of aromatic nitrogens is 2. The number of likely N-dealkylation sites (N-methyl/N-ethyl adjacent to an activating group) is 1. The van der Waals surface area contributed by atoms with Crippen LogP contribution in [0.25, 0.3) is 0 Å². The molecule has 3 heterocycles. The van der Waals surface area contributed by atoms with Crippen molar-refractivity contribution < 1.29 is 19.1 Å². The molecule has 3 rings (SSSR count). The van der Waals surface area contributed by atoms with Gasteiger partial charge in [0.2, 0.25) is 0 Å². The molecule has 1 N–H and O–H groups in total. The van der Waals surface area contributed by atoms with Gasteiger partial charge in [-0.05, 0) is 0 Å². The van der Waals surface area contributed by atoms with Crippen LogP contribution in [0, 0.1) is 0 Å². The minimum Gasteiger partial charge on any atom is -0.441 e. The summed E-state index contributed by atoms with van der Waals surface area (Å²) >= 11 is 0. The average molecular weight is 375 g/mol. The zero-order chi connectivity index (χ0) is 19.7. The van der Waals surface area contributed by atoms with Crippen molar-refractivity contribution in [2.24, 2.45) is 0 Å². The van der Waals surface area contributed by atoms with Crippen LogP contribution in [0.4, 0.5) is 4.79 Å². The molecular formula is C18H25N5O4. The molecule has 3 amide bonds. The van der Waals surface area contributed by atoms with Crippen LogP contribution in [-0.2, 0) is 19.7 Å². The highest BCUT2D eigenvalue weighted by Crippen LogP contribution is 2.32. The van der Waals surface area contributed by atoms with Crippen molar-refractivity contribution in [3.63, 3.8) is 0 Å². The highest BCUT2D eigenvalue weighted by Gasteiger charge is 2.46. The van der Waals surface area contributed by atoms with E-state index in [1.54, 1.807) is 30.5 Å². The standard InChI is InChI=1S/C18H25N5O4/c1-17(2,13-10-19-6-7-20-13)11-21-14(24)15(25)23-8-4-18(5-9-23)12-22(3)16(26)27-18/h6-7,10H,4-5,8-9,11-12H2,1-3H3,(H,21,24). The summed E-state index contributed by atoms with van der Waals surface area (Å²) in [6.07, 6.45) is 5.57. The molecule has 9 nitrogen and oxygen atoms in total. The van der Waals surface area contributed by atoms with E-state index >= 15 is 0 Å². The van der Waals surface area contributed by atoms with Crippen LogP contribution in [0.1, 0.15) is 32.4 Å². The third kappa shape index (κ3) is 4.01. The normalized spacial score (nSPS) is 19.1. The molecule has 1 spiro atoms. The van der Waals surface area contributed by atoms with Crippen LogP contribution in [0.5, 0.6) is 0 Å². The van der Waals surface area contributed by atoms with Crippen molar-refractivity contribution in [3.8, 4) is 0 Å². The van der Waals surface area contributed by atoms with Gasteiger partial charge in [0.1, 0.15) is 5.60 Å². The summed E-state index contributed by atoms with van der Waals surface area (Å²) in [5, 5.41) is 2.70. The van der Waals surface area contributed by atoms with Gasteiger partial charge in [0, 0.05) is 63.5 Å². The van der Waals surface area contributed by atoms with Crippen LogP contribution in [0.15, 0.2) is 18.6 Å². The number of amides is 3. The van der Waals surface area contributed by atoms with Gasteiger partial charge in [0.15, 0.2) is 0 Å². The van der Waals surface area contributed by atoms with E-state index in [0.29, 0.717) is 32.5 Å². The third-order valence-electron chi connectivity index (χ3n) is 5.24. The fourth-order valence-corrected chi connectivity index (χ4v) is 3.43. The van der Waals surface area contributed by atoms with E-state index in [1.165, 1.54) is 4.90 Å². The Kier molecular flexibility index (Phi) is 5.03.